The van der Waals surface area contributed by atoms with Gasteiger partial charge < -0.3 is 0 Å². The Morgan fingerprint density at radius 3 is 1.24 bits per heavy atom. The highest BCUT2D eigenvalue weighted by Gasteiger charge is 1.96. The minimum atomic E-state index is -0.132. The van der Waals surface area contributed by atoms with Crippen LogP contribution in [0.3, 0.4) is 0 Å². The molecule has 4 rings (SSSR count). The van der Waals surface area contributed by atoms with E-state index in [9.17, 15) is 4.39 Å². The van der Waals surface area contributed by atoms with Crippen LogP contribution in [-0.4, -0.2) is 9.97 Å². The van der Waals surface area contributed by atoms with E-state index in [-0.39, 0.29) is 5.82 Å². The van der Waals surface area contributed by atoms with Gasteiger partial charge >= 0.3 is 0 Å². The maximum Gasteiger partial charge on any atom is 0.126 e. The minimum Gasteiger partial charge on any atom is -0.261 e. The molecule has 0 amide bonds. The predicted octanol–water partition coefficient (Wildman–Crippen LogP) is 8.83. The van der Waals surface area contributed by atoms with Gasteiger partial charge in [-0.2, -0.15) is 0 Å². The highest BCUT2D eigenvalue weighted by Crippen LogP contribution is 2.22. The number of rotatable bonds is 0. The third-order valence-corrected chi connectivity index (χ3v) is 5.64. The van der Waals surface area contributed by atoms with Gasteiger partial charge in [0.1, 0.15) is 5.82 Å². The van der Waals surface area contributed by atoms with Crippen LogP contribution in [0.15, 0.2) is 79.1 Å². The lowest BCUT2D eigenvalue weighted by molar-refractivity contribution is 0.618. The quantitative estimate of drug-likeness (QED) is 0.249. The van der Waals surface area contributed by atoms with Gasteiger partial charge in [-0.1, -0.05) is 59.6 Å². The first-order valence-corrected chi connectivity index (χ1v) is 11.3. The van der Waals surface area contributed by atoms with Gasteiger partial charge in [0.25, 0.3) is 0 Å². The van der Waals surface area contributed by atoms with Crippen molar-refractivity contribution in [2.75, 3.05) is 0 Å². The van der Waals surface area contributed by atoms with E-state index in [4.69, 9.17) is 23.2 Å². The molecule has 2 heterocycles. The second-order valence-electron chi connectivity index (χ2n) is 7.41. The second kappa shape index (κ2) is 15.2. The molecule has 5 heteroatoms. The molecule has 0 aliphatic rings. The lowest BCUT2D eigenvalue weighted by Crippen LogP contribution is -1.81. The summed E-state index contributed by atoms with van der Waals surface area (Å²) in [5.74, 6) is -0.132. The van der Waals surface area contributed by atoms with Gasteiger partial charge in [-0.3, -0.25) is 9.97 Å². The largest absolute Gasteiger partial charge is 0.261 e. The molecule has 0 bridgehead atoms. The van der Waals surface area contributed by atoms with Crippen LogP contribution in [0.4, 0.5) is 4.39 Å². The SMILES string of the molecule is Cc1c(Cl)cccc1Cl.Cc1ccccc1F.Cc1cccnc1C.Cc1cccnc1C. The molecule has 0 atom stereocenters. The summed E-state index contributed by atoms with van der Waals surface area (Å²) in [6.45, 7) is 11.8. The zero-order valence-corrected chi connectivity index (χ0v) is 21.5. The zero-order chi connectivity index (χ0) is 24.8. The third kappa shape index (κ3) is 11.1. The first-order valence-electron chi connectivity index (χ1n) is 10.5. The molecule has 0 radical (unpaired) electrons. The van der Waals surface area contributed by atoms with Gasteiger partial charge in [0, 0.05) is 33.8 Å². The Labute approximate surface area is 207 Å². The Morgan fingerprint density at radius 1 is 0.545 bits per heavy atom. The summed E-state index contributed by atoms with van der Waals surface area (Å²) < 4.78 is 12.3. The van der Waals surface area contributed by atoms with Crippen molar-refractivity contribution in [3.05, 3.63) is 129 Å². The summed E-state index contributed by atoms with van der Waals surface area (Å²) in [6.07, 6.45) is 3.62. The van der Waals surface area contributed by atoms with Crippen LogP contribution in [-0.2, 0) is 0 Å². The van der Waals surface area contributed by atoms with E-state index in [2.05, 4.69) is 35.9 Å². The van der Waals surface area contributed by atoms with Gasteiger partial charge in [0.15, 0.2) is 0 Å². The lowest BCUT2D eigenvalue weighted by Gasteiger charge is -1.96. The summed E-state index contributed by atoms with van der Waals surface area (Å²) in [7, 11) is 0. The van der Waals surface area contributed by atoms with E-state index >= 15 is 0 Å². The highest BCUT2D eigenvalue weighted by atomic mass is 35.5. The van der Waals surface area contributed by atoms with Crippen LogP contribution in [0.2, 0.25) is 10.0 Å². The summed E-state index contributed by atoms with van der Waals surface area (Å²) >= 11 is 11.5. The number of pyridine rings is 2. The fourth-order valence-electron chi connectivity index (χ4n) is 2.26. The van der Waals surface area contributed by atoms with Crippen LogP contribution in [0.5, 0.6) is 0 Å². The summed E-state index contributed by atoms with van der Waals surface area (Å²) in [5.41, 5.74) is 6.40. The molecule has 2 nitrogen and oxygen atoms in total. The van der Waals surface area contributed by atoms with Crippen LogP contribution in [0.25, 0.3) is 0 Å². The standard InChI is InChI=1S/C7H6Cl2.C7H7F.2C7H9N/c1-5-6(8)3-2-4-7(5)9;1-6-4-2-3-5-7(6)8;2*1-6-4-3-5-8-7(6)2/h2-4H,1H3;2-5H,1H3;2*3-5H,1-2H3. The Kier molecular flexibility index (Phi) is 13.0. The molecular weight excluding hydrogens is 454 g/mol. The Bertz CT molecular complexity index is 943. The molecule has 174 valence electrons. The Hall–Kier alpha value is -2.75. The van der Waals surface area contributed by atoms with Gasteiger partial charge in [0.05, 0.1) is 0 Å². The summed E-state index contributed by atoms with van der Waals surface area (Å²) in [6, 6.07) is 20.2. The van der Waals surface area contributed by atoms with Gasteiger partial charge in [-0.05, 0) is 94.1 Å². The number of halogens is 3. The molecule has 0 saturated heterocycles. The van der Waals surface area contributed by atoms with Crippen molar-refractivity contribution in [1.29, 1.82) is 0 Å². The van der Waals surface area contributed by atoms with Gasteiger partial charge in [-0.25, -0.2) is 4.39 Å². The zero-order valence-electron chi connectivity index (χ0n) is 20.0. The molecule has 0 aliphatic heterocycles. The number of benzene rings is 2. The molecule has 4 aromatic rings. The van der Waals surface area contributed by atoms with E-state index in [0.29, 0.717) is 5.56 Å². The maximum atomic E-state index is 12.3. The molecular formula is C28H31Cl2FN2. The lowest BCUT2D eigenvalue weighted by atomic mass is 10.2. The van der Waals surface area contributed by atoms with Crippen molar-refractivity contribution in [2.45, 2.75) is 41.5 Å². The van der Waals surface area contributed by atoms with E-state index in [1.165, 1.54) is 17.2 Å². The number of nitrogens with zero attached hydrogens (tertiary/aromatic N) is 2. The molecule has 0 saturated carbocycles. The molecule has 33 heavy (non-hydrogen) atoms. The second-order valence-corrected chi connectivity index (χ2v) is 8.22. The fraction of sp³-hybridized carbons (Fsp3) is 0.214. The third-order valence-electron chi connectivity index (χ3n) is 4.82. The van der Waals surface area contributed by atoms with Crippen LogP contribution >= 0.6 is 23.2 Å². The molecule has 0 N–H and O–H groups in total. The van der Waals surface area contributed by atoms with Crippen LogP contribution < -0.4 is 0 Å². The fourth-order valence-corrected chi connectivity index (χ4v) is 2.66. The van der Waals surface area contributed by atoms with Crippen LogP contribution in [0.1, 0.15) is 33.6 Å². The molecule has 0 unspecified atom stereocenters. The van der Waals surface area contributed by atoms with Crippen molar-refractivity contribution < 1.29 is 4.39 Å². The normalized spacial score (nSPS) is 9.36. The number of aryl methyl sites for hydroxylation is 5. The number of aromatic nitrogens is 2. The minimum absolute atomic E-state index is 0.132. The van der Waals surface area contributed by atoms with E-state index < -0.39 is 0 Å². The topological polar surface area (TPSA) is 25.8 Å². The van der Waals surface area contributed by atoms with Crippen molar-refractivity contribution in [3.63, 3.8) is 0 Å². The van der Waals surface area contributed by atoms with Gasteiger partial charge in [0.2, 0.25) is 0 Å². The monoisotopic (exact) mass is 484 g/mol. The predicted molar refractivity (Wildman–Crippen MR) is 140 cm³/mol. The number of hydrogen-bond acceptors (Lipinski definition) is 2. The smallest absolute Gasteiger partial charge is 0.126 e. The molecule has 2 aromatic carbocycles. The van der Waals surface area contributed by atoms with E-state index in [0.717, 1.165) is 27.0 Å². The van der Waals surface area contributed by atoms with Crippen molar-refractivity contribution in [1.82, 2.24) is 9.97 Å². The Morgan fingerprint density at radius 2 is 0.970 bits per heavy atom. The van der Waals surface area contributed by atoms with Crippen molar-refractivity contribution in [3.8, 4) is 0 Å². The van der Waals surface area contributed by atoms with E-state index in [1.807, 2.05) is 69.6 Å². The average molecular weight is 485 g/mol. The average Bonchev–Trinajstić information content (AvgIpc) is 2.79. The highest BCUT2D eigenvalue weighted by molar-refractivity contribution is 6.35. The van der Waals surface area contributed by atoms with Gasteiger partial charge in [-0.15, -0.1) is 0 Å². The van der Waals surface area contributed by atoms with E-state index in [1.54, 1.807) is 19.1 Å². The summed E-state index contributed by atoms with van der Waals surface area (Å²) in [5, 5.41) is 1.45. The maximum absolute atomic E-state index is 12.3. The molecule has 0 fully saturated rings. The first-order chi connectivity index (χ1) is 15.6. The Balaban J connectivity index is 0.000000220. The van der Waals surface area contributed by atoms with Crippen molar-refractivity contribution >= 4 is 23.2 Å². The van der Waals surface area contributed by atoms with Crippen LogP contribution in [0, 0.1) is 47.4 Å². The summed E-state index contributed by atoms with van der Waals surface area (Å²) in [4.78, 5) is 8.16. The first kappa shape index (κ1) is 28.3. The van der Waals surface area contributed by atoms with Crippen molar-refractivity contribution in [2.24, 2.45) is 0 Å². The number of hydrogen-bond donors (Lipinski definition) is 0. The molecule has 0 aliphatic carbocycles. The molecule has 2 aromatic heterocycles. The molecule has 0 spiro atoms.